The minimum Gasteiger partial charge on any atom is -0.508 e. The van der Waals surface area contributed by atoms with E-state index in [4.69, 9.17) is 9.72 Å². The summed E-state index contributed by atoms with van der Waals surface area (Å²) in [5.41, 5.74) is 10.1. The van der Waals surface area contributed by atoms with Crippen molar-refractivity contribution in [3.63, 3.8) is 0 Å². The van der Waals surface area contributed by atoms with Crippen molar-refractivity contribution in [1.82, 2.24) is 40.4 Å². The molecule has 0 unspecified atom stereocenters. The lowest BCUT2D eigenvalue weighted by Crippen LogP contribution is -2.62. The summed E-state index contributed by atoms with van der Waals surface area (Å²) in [6.45, 7) is 17.9. The number of likely N-dealkylation sites (N-methyl/N-ethyl adjacent to an activating group) is 1. The zero-order valence-corrected chi connectivity index (χ0v) is 40.5. The molecule has 0 saturated carbocycles. The van der Waals surface area contributed by atoms with Crippen molar-refractivity contribution in [2.24, 2.45) is 11.3 Å². The summed E-state index contributed by atoms with van der Waals surface area (Å²) in [5.74, 6) is -2.10. The van der Waals surface area contributed by atoms with Gasteiger partial charge in [0.25, 0.3) is 5.91 Å². The van der Waals surface area contributed by atoms with Crippen LogP contribution in [-0.4, -0.2) is 122 Å². The fourth-order valence-electron chi connectivity index (χ4n) is 10.7. The van der Waals surface area contributed by atoms with Crippen LogP contribution >= 0.6 is 0 Å². The zero-order chi connectivity index (χ0) is 48.1. The number of ether oxygens (including phenoxy) is 1. The van der Waals surface area contributed by atoms with Crippen LogP contribution in [0.2, 0.25) is 0 Å². The van der Waals surface area contributed by atoms with Crippen LogP contribution in [0.1, 0.15) is 104 Å². The number of fused-ring (bicyclic) bond motifs is 6. The number of hydrogen-bond donors (Lipinski definition) is 4. The third-order valence-corrected chi connectivity index (χ3v) is 14.1. The monoisotopic (exact) mass is 917 g/mol. The zero-order valence-electron chi connectivity index (χ0n) is 40.5. The predicted molar refractivity (Wildman–Crippen MR) is 256 cm³/mol. The van der Waals surface area contributed by atoms with Crippen LogP contribution in [0.25, 0.3) is 33.3 Å². The number of aromatic hydroxyl groups is 1. The van der Waals surface area contributed by atoms with Crippen molar-refractivity contribution in [3.05, 3.63) is 71.5 Å². The van der Waals surface area contributed by atoms with E-state index in [1.807, 2.05) is 45.2 Å². The van der Waals surface area contributed by atoms with Gasteiger partial charge in [-0.1, -0.05) is 53.7 Å². The van der Waals surface area contributed by atoms with Crippen LogP contribution in [0.5, 0.6) is 5.75 Å². The molecule has 6 atom stereocenters. The van der Waals surface area contributed by atoms with Crippen LogP contribution in [0, 0.1) is 11.3 Å². The Hall–Kier alpha value is -5.80. The van der Waals surface area contributed by atoms with E-state index in [1.54, 1.807) is 24.1 Å². The number of hydrogen-bond acceptors (Lipinski definition) is 10. The number of aryl methyl sites for hydroxylation is 1. The highest BCUT2D eigenvalue weighted by atomic mass is 16.5. The van der Waals surface area contributed by atoms with Gasteiger partial charge in [0.05, 0.1) is 24.0 Å². The first-order chi connectivity index (χ1) is 31.9. The second-order valence-corrected chi connectivity index (χ2v) is 20.6. The molecule has 4 N–H and O–H groups in total. The van der Waals surface area contributed by atoms with Crippen molar-refractivity contribution < 1.29 is 33.8 Å². The van der Waals surface area contributed by atoms with Crippen molar-refractivity contribution in [3.8, 4) is 28.1 Å². The van der Waals surface area contributed by atoms with Gasteiger partial charge in [-0.25, -0.2) is 5.43 Å². The molecule has 358 valence electrons. The lowest BCUT2D eigenvalue weighted by molar-refractivity contribution is -0.155. The Labute approximate surface area is 394 Å². The number of hydrazine groups is 1. The quantitative estimate of drug-likeness (QED) is 0.120. The second-order valence-electron chi connectivity index (χ2n) is 20.6. The van der Waals surface area contributed by atoms with Gasteiger partial charge >= 0.3 is 5.97 Å². The van der Waals surface area contributed by atoms with Crippen LogP contribution in [0.4, 0.5) is 0 Å². The number of carbonyl (C=O) groups is 5. The molecule has 6 bridgehead atoms. The summed E-state index contributed by atoms with van der Waals surface area (Å²) in [6, 6.07) is 11.6. The Morgan fingerprint density at radius 2 is 1.79 bits per heavy atom. The molecule has 4 aliphatic rings. The number of benzene rings is 2. The number of carbonyl (C=O) groups excluding carboxylic acids is 5. The third kappa shape index (κ3) is 9.67. The van der Waals surface area contributed by atoms with E-state index in [-0.39, 0.29) is 61.1 Å². The van der Waals surface area contributed by atoms with Gasteiger partial charge < -0.3 is 34.8 Å². The van der Waals surface area contributed by atoms with Crippen molar-refractivity contribution >= 4 is 40.5 Å². The van der Waals surface area contributed by atoms with Gasteiger partial charge in [0, 0.05) is 67.2 Å². The number of phenols is 1. The first kappa shape index (κ1) is 47.7. The summed E-state index contributed by atoms with van der Waals surface area (Å²) in [6.07, 6.45) is 4.53. The average Bonchev–Trinajstić information content (AvgIpc) is 4.02. The van der Waals surface area contributed by atoms with Crippen molar-refractivity contribution in [2.45, 2.75) is 143 Å². The van der Waals surface area contributed by atoms with Gasteiger partial charge in [-0.2, -0.15) is 0 Å². The molecular formula is C52H68N8O7. The van der Waals surface area contributed by atoms with Crippen LogP contribution < -0.4 is 16.1 Å². The van der Waals surface area contributed by atoms with E-state index >= 15 is 0 Å². The lowest BCUT2D eigenvalue weighted by atomic mass is 9.83. The summed E-state index contributed by atoms with van der Waals surface area (Å²) in [7, 11) is 1.59. The van der Waals surface area contributed by atoms with E-state index in [0.29, 0.717) is 50.8 Å². The van der Waals surface area contributed by atoms with Gasteiger partial charge in [-0.05, 0) is 116 Å². The number of amides is 4. The largest absolute Gasteiger partial charge is 0.508 e. The molecule has 15 nitrogen and oxygen atoms in total. The highest BCUT2D eigenvalue weighted by molar-refractivity contribution is 5.97. The summed E-state index contributed by atoms with van der Waals surface area (Å²) in [4.78, 5) is 78.9. The maximum Gasteiger partial charge on any atom is 0.324 e. The molecule has 67 heavy (non-hydrogen) atoms. The summed E-state index contributed by atoms with van der Waals surface area (Å²) < 4.78 is 8.46. The fourth-order valence-corrected chi connectivity index (χ4v) is 10.7. The first-order valence-electron chi connectivity index (χ1n) is 24.2. The Morgan fingerprint density at radius 1 is 1.03 bits per heavy atom. The number of cyclic esters (lactones) is 1. The normalized spacial score (nSPS) is 23.5. The van der Waals surface area contributed by atoms with Gasteiger partial charge in [0.1, 0.15) is 29.9 Å². The second kappa shape index (κ2) is 19.1. The maximum absolute atomic E-state index is 14.8. The molecule has 4 aliphatic heterocycles. The predicted octanol–water partition coefficient (Wildman–Crippen LogP) is 5.70. The van der Waals surface area contributed by atoms with E-state index in [1.165, 1.54) is 9.91 Å². The van der Waals surface area contributed by atoms with Gasteiger partial charge in [-0.3, -0.25) is 34.0 Å². The minimum absolute atomic E-state index is 0.000204. The SMILES string of the molecule is CCn1c(-c2cccnc2C(C)C)c2c3cc(ccc31)-c1cc(O)cc(c1)C[C@H](NC(=O)[C@H](C(C)C)N(C)C(=O)[C@H]1CC[C@@H](C)N1C(=O)[C@H]1CN1)C(=O)N1CCC[C@H](N1)C(=O)OCC(C)(C)C2. The van der Waals surface area contributed by atoms with E-state index < -0.39 is 47.4 Å². The molecule has 2 aromatic carbocycles. The summed E-state index contributed by atoms with van der Waals surface area (Å²) in [5, 5.41) is 19.9. The Morgan fingerprint density at radius 3 is 2.49 bits per heavy atom. The van der Waals surface area contributed by atoms with E-state index in [2.05, 4.69) is 73.4 Å². The number of pyridine rings is 1. The van der Waals surface area contributed by atoms with Crippen LogP contribution in [-0.2, 0) is 48.1 Å². The molecule has 3 fully saturated rings. The molecule has 0 radical (unpaired) electrons. The molecule has 2 aromatic heterocycles. The summed E-state index contributed by atoms with van der Waals surface area (Å²) >= 11 is 0. The number of rotatable bonds is 9. The van der Waals surface area contributed by atoms with Crippen LogP contribution in [0.3, 0.4) is 0 Å². The standard InChI is InChI=1S/C52H68N8O7/c1-10-58-42-18-16-33-25-37(42)38(46(58)36-13-11-19-53-44(36)29(2)3)26-52(7,8)28-67-51(66)39-14-12-20-59(56-39)48(63)40(23-32-21-34(33)24-35(61)22-32)55-47(62)45(30(4)5)57(9)50(65)43-17-15-31(6)60(43)49(64)41-27-54-41/h11,13,16,18-19,21-22,24-25,29-31,39-41,43,45,54,56,61H,10,12,14-15,17,20,23,26-28H2,1-9H3,(H,55,62)/t31-,39+,40+,41-,43-,45+/m1/s1. The molecule has 0 aliphatic carbocycles. The van der Waals surface area contributed by atoms with Crippen LogP contribution in [0.15, 0.2) is 54.7 Å². The first-order valence-corrected chi connectivity index (χ1v) is 24.2. The molecule has 4 aromatic rings. The Bertz CT molecular complexity index is 2560. The van der Waals surface area contributed by atoms with E-state index in [9.17, 15) is 29.1 Å². The molecular weight excluding hydrogens is 849 g/mol. The third-order valence-electron chi connectivity index (χ3n) is 14.1. The number of likely N-dealkylation sites (tertiary alicyclic amines) is 1. The molecule has 3 saturated heterocycles. The minimum atomic E-state index is -1.16. The fraction of sp³-hybridized carbons (Fsp3) is 0.538. The van der Waals surface area contributed by atoms with Crippen molar-refractivity contribution in [2.75, 3.05) is 26.7 Å². The molecule has 4 amide bonds. The highest BCUT2D eigenvalue weighted by Crippen LogP contribution is 2.42. The molecule has 15 heteroatoms. The smallest absolute Gasteiger partial charge is 0.324 e. The van der Waals surface area contributed by atoms with Crippen molar-refractivity contribution in [1.29, 1.82) is 0 Å². The topological polar surface area (TPSA) is 188 Å². The number of aromatic nitrogens is 2. The maximum atomic E-state index is 14.8. The number of nitrogens with one attached hydrogen (secondary N) is 3. The highest BCUT2D eigenvalue weighted by Gasteiger charge is 2.47. The Kier molecular flexibility index (Phi) is 13.6. The molecule has 6 heterocycles. The average molecular weight is 917 g/mol. The van der Waals surface area contributed by atoms with Gasteiger partial charge in [0.2, 0.25) is 17.7 Å². The number of esters is 1. The lowest BCUT2D eigenvalue weighted by Gasteiger charge is -2.37. The number of nitrogens with zero attached hydrogens (tertiary/aromatic N) is 5. The Balaban J connectivity index is 1.19. The molecule has 0 spiro atoms. The van der Waals surface area contributed by atoms with E-state index in [0.717, 1.165) is 44.5 Å². The van der Waals surface area contributed by atoms with Gasteiger partial charge in [0.15, 0.2) is 0 Å². The molecule has 8 rings (SSSR count). The van der Waals surface area contributed by atoms with Gasteiger partial charge in [-0.15, -0.1) is 0 Å². The number of phenolic OH excluding ortho intramolecular Hbond substituents is 1.